The first-order valence-electron chi connectivity index (χ1n) is 16.3. The van der Waals surface area contributed by atoms with E-state index in [9.17, 15) is 24.9 Å². The minimum Gasteiger partial charge on any atom is -0.465 e. The van der Waals surface area contributed by atoms with E-state index in [1.54, 1.807) is 10.9 Å². The molecule has 3 aliphatic rings. The molecule has 47 heavy (non-hydrogen) atoms. The molecule has 1 aliphatic heterocycles. The molecule has 4 aromatic rings. The summed E-state index contributed by atoms with van der Waals surface area (Å²) in [5.41, 5.74) is 3.23. The van der Waals surface area contributed by atoms with Crippen molar-refractivity contribution in [2.24, 2.45) is 5.92 Å². The molecule has 2 aliphatic carbocycles. The molecule has 0 radical (unpaired) electrons. The van der Waals surface area contributed by atoms with Crippen molar-refractivity contribution in [3.63, 3.8) is 0 Å². The molecule has 0 spiro atoms. The molecular formula is C34H40N8O5. The van der Waals surface area contributed by atoms with Gasteiger partial charge in [-0.25, -0.2) is 9.78 Å². The van der Waals surface area contributed by atoms with Gasteiger partial charge < -0.3 is 40.7 Å². The summed E-state index contributed by atoms with van der Waals surface area (Å²) < 4.78 is 1.75. The van der Waals surface area contributed by atoms with Crippen molar-refractivity contribution in [2.75, 3.05) is 30.3 Å². The highest BCUT2D eigenvalue weighted by Gasteiger charge is 2.44. The number of aromatic nitrogens is 4. The lowest BCUT2D eigenvalue weighted by Crippen LogP contribution is -2.46. The van der Waals surface area contributed by atoms with Gasteiger partial charge in [0.2, 0.25) is 11.9 Å². The van der Waals surface area contributed by atoms with Crippen LogP contribution in [0.1, 0.15) is 55.2 Å². The summed E-state index contributed by atoms with van der Waals surface area (Å²) in [6.07, 6.45) is 1.96. The third-order valence-corrected chi connectivity index (χ3v) is 9.90. The lowest BCUT2D eigenvalue weighted by Gasteiger charge is -2.27. The fourth-order valence-corrected chi connectivity index (χ4v) is 6.98. The Morgan fingerprint density at radius 2 is 1.64 bits per heavy atom. The largest absolute Gasteiger partial charge is 0.465 e. The van der Waals surface area contributed by atoms with E-state index in [1.807, 2.05) is 36.4 Å². The molecule has 1 saturated heterocycles. The van der Waals surface area contributed by atoms with Gasteiger partial charge in [-0.1, -0.05) is 67.1 Å². The van der Waals surface area contributed by atoms with E-state index in [1.165, 1.54) is 4.90 Å². The predicted molar refractivity (Wildman–Crippen MR) is 175 cm³/mol. The predicted octanol–water partition coefficient (Wildman–Crippen LogP) is 3.19. The average molecular weight is 641 g/mol. The number of carbonyl (C=O) groups excluding carboxylic acids is 1. The summed E-state index contributed by atoms with van der Waals surface area (Å²) in [5, 5.41) is 41.4. The molecule has 1 unspecified atom stereocenters. The highest BCUT2D eigenvalue weighted by atomic mass is 16.4. The van der Waals surface area contributed by atoms with Gasteiger partial charge in [0, 0.05) is 37.5 Å². The smallest absolute Gasteiger partial charge is 0.407 e. The highest BCUT2D eigenvalue weighted by Crippen LogP contribution is 2.36. The van der Waals surface area contributed by atoms with Crippen LogP contribution in [-0.2, 0) is 4.79 Å². The maximum Gasteiger partial charge on any atom is 0.407 e. The Labute approximate surface area is 272 Å². The van der Waals surface area contributed by atoms with Crippen LogP contribution in [0.15, 0.2) is 67.0 Å². The van der Waals surface area contributed by atoms with Crippen LogP contribution in [0.5, 0.6) is 0 Å². The van der Waals surface area contributed by atoms with Gasteiger partial charge in [-0.2, -0.15) is 9.97 Å². The summed E-state index contributed by atoms with van der Waals surface area (Å²) in [6.45, 7) is 1.22. The second kappa shape index (κ2) is 13.2. The van der Waals surface area contributed by atoms with Crippen LogP contribution in [0.25, 0.3) is 11.2 Å². The van der Waals surface area contributed by atoms with E-state index < -0.39 is 30.4 Å². The zero-order valence-electron chi connectivity index (χ0n) is 25.9. The van der Waals surface area contributed by atoms with Gasteiger partial charge in [0.05, 0.1) is 18.4 Å². The molecule has 3 heterocycles. The number of rotatable bonds is 10. The maximum absolute atomic E-state index is 12.7. The molecule has 0 bridgehead atoms. The van der Waals surface area contributed by atoms with Crippen LogP contribution in [0, 0.1) is 5.92 Å². The molecule has 2 aromatic carbocycles. The second-order valence-corrected chi connectivity index (χ2v) is 12.9. The van der Waals surface area contributed by atoms with E-state index in [-0.39, 0.29) is 23.8 Å². The van der Waals surface area contributed by atoms with E-state index in [4.69, 9.17) is 9.97 Å². The van der Waals surface area contributed by atoms with Crippen molar-refractivity contribution in [3.8, 4) is 0 Å². The van der Waals surface area contributed by atoms with Crippen LogP contribution in [-0.4, -0.2) is 95.7 Å². The van der Waals surface area contributed by atoms with E-state index >= 15 is 0 Å². The van der Waals surface area contributed by atoms with Crippen molar-refractivity contribution in [2.45, 2.75) is 68.4 Å². The van der Waals surface area contributed by atoms with Crippen LogP contribution in [0.2, 0.25) is 0 Å². The van der Waals surface area contributed by atoms with Crippen molar-refractivity contribution in [1.29, 1.82) is 0 Å². The summed E-state index contributed by atoms with van der Waals surface area (Å²) in [5.74, 6) is 0.682. The Balaban J connectivity index is 1.20. The van der Waals surface area contributed by atoms with Crippen LogP contribution in [0.4, 0.5) is 16.6 Å². The number of fused-ring (bicyclic) bond motifs is 1. The van der Waals surface area contributed by atoms with Gasteiger partial charge in [-0.3, -0.25) is 4.79 Å². The number of likely N-dealkylation sites (tertiary alicyclic amines) is 1. The van der Waals surface area contributed by atoms with Crippen molar-refractivity contribution < 1.29 is 24.9 Å². The number of carbonyl (C=O) groups is 2. The number of carboxylic acid groups (broad SMARTS) is 1. The third kappa shape index (κ3) is 6.32. The highest BCUT2D eigenvalue weighted by molar-refractivity contribution is 5.84. The minimum absolute atomic E-state index is 0.00621. The Morgan fingerprint density at radius 3 is 2.26 bits per heavy atom. The number of imidazole rings is 1. The number of hydrogen-bond acceptors (Lipinski definition) is 9. The van der Waals surface area contributed by atoms with Crippen LogP contribution < -0.4 is 16.0 Å². The Kier molecular flexibility index (Phi) is 8.65. The Hall–Kier alpha value is -4.75. The topological polar surface area (TPSA) is 178 Å². The lowest BCUT2D eigenvalue weighted by atomic mass is 9.84. The van der Waals surface area contributed by atoms with Crippen molar-refractivity contribution in [3.05, 3.63) is 78.1 Å². The zero-order chi connectivity index (χ0) is 32.5. The van der Waals surface area contributed by atoms with Crippen molar-refractivity contribution in [1.82, 2.24) is 29.7 Å². The molecule has 2 amide bonds. The number of benzene rings is 2. The van der Waals surface area contributed by atoms with E-state index in [0.717, 1.165) is 30.4 Å². The summed E-state index contributed by atoms with van der Waals surface area (Å²) >= 11 is 0. The summed E-state index contributed by atoms with van der Waals surface area (Å²) in [4.78, 5) is 39.9. The van der Waals surface area contributed by atoms with Gasteiger partial charge in [0.25, 0.3) is 0 Å². The van der Waals surface area contributed by atoms with Gasteiger partial charge in [-0.15, -0.1) is 0 Å². The first-order valence-corrected chi connectivity index (χ1v) is 16.3. The van der Waals surface area contributed by atoms with Crippen LogP contribution in [0.3, 0.4) is 0 Å². The fraction of sp³-hybridized carbons (Fsp3) is 0.441. The second-order valence-electron chi connectivity index (χ2n) is 12.9. The molecule has 2 aromatic heterocycles. The molecule has 6 N–H and O–H groups in total. The monoisotopic (exact) mass is 640 g/mol. The standard InChI is InChI=1S/C34H40N8O5/c43-28-25(38-32(45)22-12-7-13-22)16-26(29(28)44)42-19-36-27-30(39-33(40-31(27)42)37-23-14-15-41(18-23)34(46)47)35-17-24(20-8-3-1-4-9-20)21-10-5-2-6-11-21/h1-6,8-11,19,22-26,28-29,43-44H,7,12-18H2,(H,38,45)(H,46,47)(H2,35,37,39,40)/t23?,25-,26+,28+,29-/m0/s1. The molecular weight excluding hydrogens is 600 g/mol. The lowest BCUT2D eigenvalue weighted by molar-refractivity contribution is -0.129. The first-order chi connectivity index (χ1) is 22.9. The average Bonchev–Trinajstić information content (AvgIpc) is 3.76. The SMILES string of the molecule is O=C(N[C@H]1C[C@@H](n2cnc3c(NCC(c4ccccc4)c4ccccc4)nc(NC4CCN(C(=O)O)C4)nc32)[C@H](O)[C@@H]1O)C1CCC1. The molecule has 2 saturated carbocycles. The van der Waals surface area contributed by atoms with Gasteiger partial charge in [-0.05, 0) is 36.8 Å². The first kappa shape index (κ1) is 30.9. The number of aliphatic hydroxyl groups excluding tert-OH is 2. The molecule has 13 nitrogen and oxygen atoms in total. The normalized spacial score (nSPS) is 24.4. The molecule has 7 rings (SSSR count). The number of aliphatic hydroxyl groups is 2. The fourth-order valence-electron chi connectivity index (χ4n) is 6.98. The number of amides is 2. The number of hydrogen-bond donors (Lipinski definition) is 6. The number of anilines is 2. The quantitative estimate of drug-likeness (QED) is 0.151. The molecule has 13 heteroatoms. The third-order valence-electron chi connectivity index (χ3n) is 9.90. The molecule has 5 atom stereocenters. The Morgan fingerprint density at radius 1 is 0.936 bits per heavy atom. The maximum atomic E-state index is 12.7. The van der Waals surface area contributed by atoms with Gasteiger partial charge in [0.1, 0.15) is 12.2 Å². The summed E-state index contributed by atoms with van der Waals surface area (Å²) in [7, 11) is 0. The summed E-state index contributed by atoms with van der Waals surface area (Å²) in [6, 6.07) is 19.1. The molecule has 3 fully saturated rings. The van der Waals surface area contributed by atoms with Crippen molar-refractivity contribution >= 4 is 34.9 Å². The molecule has 246 valence electrons. The minimum atomic E-state index is -1.15. The number of nitrogens with zero attached hydrogens (tertiary/aromatic N) is 5. The van der Waals surface area contributed by atoms with Gasteiger partial charge >= 0.3 is 6.09 Å². The van der Waals surface area contributed by atoms with Gasteiger partial charge in [0.15, 0.2) is 17.0 Å². The number of nitrogens with one attached hydrogen (secondary N) is 3. The van der Waals surface area contributed by atoms with E-state index in [0.29, 0.717) is 55.4 Å². The van der Waals surface area contributed by atoms with E-state index in [2.05, 4.69) is 45.2 Å². The zero-order valence-corrected chi connectivity index (χ0v) is 25.9. The Bertz CT molecular complexity index is 1680. The van der Waals surface area contributed by atoms with Crippen LogP contribution >= 0.6 is 0 Å².